The molecule has 0 saturated carbocycles. The number of para-hydroxylation sites is 1. The molecule has 0 saturated heterocycles. The Morgan fingerprint density at radius 2 is 1.81 bits per heavy atom. The number of H-pyrrole nitrogens is 1. The Morgan fingerprint density at radius 3 is 2.56 bits per heavy atom. The minimum absolute atomic E-state index is 0.117. The Kier molecular flexibility index (Phi) is 5.60. The monoisotopic (exact) mass is 364 g/mol. The van der Waals surface area contributed by atoms with E-state index in [2.05, 4.69) is 16.4 Å². The number of carbonyl (C=O) groups is 1. The van der Waals surface area contributed by atoms with E-state index in [9.17, 15) is 9.59 Å². The molecule has 0 aliphatic heterocycles. The summed E-state index contributed by atoms with van der Waals surface area (Å²) in [6.45, 7) is 6.15. The predicted molar refractivity (Wildman–Crippen MR) is 107 cm³/mol. The highest BCUT2D eigenvalue weighted by Crippen LogP contribution is 2.17. The molecule has 3 rings (SSSR count). The highest BCUT2D eigenvalue weighted by Gasteiger charge is 2.14. The summed E-state index contributed by atoms with van der Waals surface area (Å²) in [6.07, 6.45) is -0.143. The lowest BCUT2D eigenvalue weighted by molar-refractivity contribution is -0.127. The fourth-order valence-electron chi connectivity index (χ4n) is 2.93. The van der Waals surface area contributed by atoms with E-state index < -0.39 is 6.10 Å². The number of benzene rings is 2. The standard InChI is InChI=1S/C22H24N2O3/c1-14-11-18-13-17(22(26)24-20(18)12-15(14)2)9-10-23-21(25)16(3)27-19-7-5-4-6-8-19/h4-8,11-13,16H,9-10H2,1-3H3,(H,23,25)(H,24,26)/t16-/m1/s1. The number of aryl methyl sites for hydroxylation is 2. The predicted octanol–water partition coefficient (Wildman–Crippen LogP) is 3.27. The molecule has 140 valence electrons. The van der Waals surface area contributed by atoms with Crippen LogP contribution in [0.5, 0.6) is 5.75 Å². The number of aromatic amines is 1. The molecule has 0 spiro atoms. The first-order valence-electron chi connectivity index (χ1n) is 9.06. The summed E-state index contributed by atoms with van der Waals surface area (Å²) in [5, 5.41) is 3.83. The van der Waals surface area contributed by atoms with Gasteiger partial charge in [-0.25, -0.2) is 0 Å². The molecule has 5 heteroatoms. The fourth-order valence-corrected chi connectivity index (χ4v) is 2.93. The molecule has 0 aliphatic carbocycles. The molecular weight excluding hydrogens is 340 g/mol. The zero-order chi connectivity index (χ0) is 19.4. The number of aromatic nitrogens is 1. The van der Waals surface area contributed by atoms with Gasteiger partial charge < -0.3 is 15.0 Å². The average molecular weight is 364 g/mol. The van der Waals surface area contributed by atoms with E-state index in [0.717, 1.165) is 16.5 Å². The molecule has 1 amide bonds. The van der Waals surface area contributed by atoms with Crippen molar-refractivity contribution in [3.8, 4) is 5.75 Å². The molecule has 0 unspecified atom stereocenters. The van der Waals surface area contributed by atoms with Crippen molar-refractivity contribution in [2.75, 3.05) is 6.54 Å². The molecule has 27 heavy (non-hydrogen) atoms. The second-order valence-electron chi connectivity index (χ2n) is 6.76. The van der Waals surface area contributed by atoms with Crippen molar-refractivity contribution in [1.82, 2.24) is 10.3 Å². The summed E-state index contributed by atoms with van der Waals surface area (Å²) in [6, 6.07) is 15.2. The molecule has 0 bridgehead atoms. The van der Waals surface area contributed by atoms with E-state index in [1.807, 2.05) is 56.3 Å². The fraction of sp³-hybridized carbons (Fsp3) is 0.273. The van der Waals surface area contributed by atoms with Crippen LogP contribution < -0.4 is 15.6 Å². The van der Waals surface area contributed by atoms with Gasteiger partial charge >= 0.3 is 0 Å². The molecule has 0 fully saturated rings. The van der Waals surface area contributed by atoms with Crippen molar-refractivity contribution >= 4 is 16.8 Å². The maximum Gasteiger partial charge on any atom is 0.260 e. The second-order valence-corrected chi connectivity index (χ2v) is 6.76. The Hall–Kier alpha value is -3.08. The first-order valence-corrected chi connectivity index (χ1v) is 9.06. The van der Waals surface area contributed by atoms with Crippen LogP contribution in [0.4, 0.5) is 0 Å². The van der Waals surface area contributed by atoms with Crippen LogP contribution in [-0.4, -0.2) is 23.5 Å². The molecule has 1 heterocycles. The largest absolute Gasteiger partial charge is 0.481 e. The number of hydrogen-bond acceptors (Lipinski definition) is 3. The third-order valence-corrected chi connectivity index (χ3v) is 4.65. The highest BCUT2D eigenvalue weighted by atomic mass is 16.5. The van der Waals surface area contributed by atoms with Gasteiger partial charge in [-0.1, -0.05) is 18.2 Å². The average Bonchev–Trinajstić information content (AvgIpc) is 2.64. The Morgan fingerprint density at radius 1 is 1.11 bits per heavy atom. The number of pyridine rings is 1. The zero-order valence-electron chi connectivity index (χ0n) is 15.8. The molecular formula is C22H24N2O3. The number of amides is 1. The zero-order valence-corrected chi connectivity index (χ0v) is 15.8. The van der Waals surface area contributed by atoms with Crippen LogP contribution >= 0.6 is 0 Å². The van der Waals surface area contributed by atoms with Crippen LogP contribution in [0.25, 0.3) is 10.9 Å². The van der Waals surface area contributed by atoms with Gasteiger partial charge in [-0.15, -0.1) is 0 Å². The van der Waals surface area contributed by atoms with E-state index >= 15 is 0 Å². The van der Waals surface area contributed by atoms with Gasteiger partial charge in [-0.3, -0.25) is 9.59 Å². The summed E-state index contributed by atoms with van der Waals surface area (Å²) < 4.78 is 5.60. The lowest BCUT2D eigenvalue weighted by Crippen LogP contribution is -2.37. The van der Waals surface area contributed by atoms with Crippen LogP contribution in [-0.2, 0) is 11.2 Å². The molecule has 2 N–H and O–H groups in total. The van der Waals surface area contributed by atoms with Crippen LogP contribution in [0.1, 0.15) is 23.6 Å². The number of carbonyl (C=O) groups excluding carboxylic acids is 1. The van der Waals surface area contributed by atoms with E-state index in [-0.39, 0.29) is 11.5 Å². The Bertz CT molecular complexity index is 1010. The smallest absolute Gasteiger partial charge is 0.260 e. The van der Waals surface area contributed by atoms with Crippen molar-refractivity contribution in [1.29, 1.82) is 0 Å². The summed E-state index contributed by atoms with van der Waals surface area (Å²) in [5.41, 5.74) is 3.70. The van der Waals surface area contributed by atoms with Gasteiger partial charge in [0.2, 0.25) is 0 Å². The highest BCUT2D eigenvalue weighted by molar-refractivity contribution is 5.81. The maximum absolute atomic E-state index is 12.3. The van der Waals surface area contributed by atoms with Gasteiger partial charge in [0, 0.05) is 17.6 Å². The molecule has 0 aliphatic rings. The van der Waals surface area contributed by atoms with Gasteiger partial charge in [0.1, 0.15) is 5.75 Å². The summed E-state index contributed by atoms with van der Waals surface area (Å²) in [7, 11) is 0. The number of hydrogen-bond donors (Lipinski definition) is 2. The second kappa shape index (κ2) is 8.08. The number of fused-ring (bicyclic) bond motifs is 1. The molecule has 1 aromatic heterocycles. The van der Waals surface area contributed by atoms with Crippen LogP contribution in [0, 0.1) is 13.8 Å². The number of ether oxygens (including phenoxy) is 1. The Labute approximate surface area is 158 Å². The van der Waals surface area contributed by atoms with Crippen molar-refractivity contribution < 1.29 is 9.53 Å². The SMILES string of the molecule is Cc1cc2cc(CCNC(=O)[C@@H](C)Oc3ccccc3)c(=O)[nH]c2cc1C. The number of nitrogens with one attached hydrogen (secondary N) is 2. The van der Waals surface area contributed by atoms with Crippen LogP contribution in [0.15, 0.2) is 53.3 Å². The topological polar surface area (TPSA) is 71.2 Å². The minimum atomic E-state index is -0.604. The van der Waals surface area contributed by atoms with E-state index in [4.69, 9.17) is 4.74 Å². The van der Waals surface area contributed by atoms with Crippen molar-refractivity contribution in [2.24, 2.45) is 0 Å². The lowest BCUT2D eigenvalue weighted by atomic mass is 10.0. The lowest BCUT2D eigenvalue weighted by Gasteiger charge is -2.14. The quantitative estimate of drug-likeness (QED) is 0.705. The number of rotatable bonds is 6. The van der Waals surface area contributed by atoms with Gasteiger partial charge in [0.25, 0.3) is 11.5 Å². The Balaban J connectivity index is 1.61. The third-order valence-electron chi connectivity index (χ3n) is 4.65. The van der Waals surface area contributed by atoms with Gasteiger partial charge in [0.15, 0.2) is 6.10 Å². The van der Waals surface area contributed by atoms with Gasteiger partial charge in [0.05, 0.1) is 0 Å². The van der Waals surface area contributed by atoms with Crippen molar-refractivity contribution in [3.05, 3.63) is 75.6 Å². The maximum atomic E-state index is 12.3. The van der Waals surface area contributed by atoms with Gasteiger partial charge in [-0.05, 0) is 74.0 Å². The van der Waals surface area contributed by atoms with E-state index in [0.29, 0.717) is 24.3 Å². The summed E-state index contributed by atoms with van der Waals surface area (Å²) >= 11 is 0. The van der Waals surface area contributed by atoms with Crippen molar-refractivity contribution in [2.45, 2.75) is 33.3 Å². The first-order chi connectivity index (χ1) is 12.9. The molecule has 1 atom stereocenters. The normalized spacial score (nSPS) is 12.0. The summed E-state index contributed by atoms with van der Waals surface area (Å²) in [4.78, 5) is 27.4. The molecule has 0 radical (unpaired) electrons. The van der Waals surface area contributed by atoms with Crippen molar-refractivity contribution in [3.63, 3.8) is 0 Å². The molecule has 2 aromatic carbocycles. The van der Waals surface area contributed by atoms with Crippen LogP contribution in [0.2, 0.25) is 0 Å². The van der Waals surface area contributed by atoms with Gasteiger partial charge in [-0.2, -0.15) is 0 Å². The van der Waals surface area contributed by atoms with Crippen LogP contribution in [0.3, 0.4) is 0 Å². The summed E-state index contributed by atoms with van der Waals surface area (Å²) in [5.74, 6) is 0.444. The minimum Gasteiger partial charge on any atom is -0.481 e. The van der Waals surface area contributed by atoms with E-state index in [1.54, 1.807) is 6.92 Å². The third kappa shape index (κ3) is 4.56. The molecule has 5 nitrogen and oxygen atoms in total. The van der Waals surface area contributed by atoms with E-state index in [1.165, 1.54) is 5.56 Å². The molecule has 3 aromatic rings. The first kappa shape index (κ1) is 18.7.